The van der Waals surface area contributed by atoms with E-state index in [1.54, 1.807) is 18.4 Å². The van der Waals surface area contributed by atoms with Gasteiger partial charge in [0.2, 0.25) is 0 Å². The molecule has 6 heteroatoms. The van der Waals surface area contributed by atoms with Gasteiger partial charge in [-0.3, -0.25) is 0 Å². The summed E-state index contributed by atoms with van der Waals surface area (Å²) >= 11 is 1.63. The Hall–Kier alpha value is -2.18. The van der Waals surface area contributed by atoms with Gasteiger partial charge in [-0.15, -0.1) is 11.3 Å². The lowest BCUT2D eigenvalue weighted by atomic mass is 10.3. The smallest absolute Gasteiger partial charge is 0.128 e. The predicted octanol–water partition coefficient (Wildman–Crippen LogP) is 2.94. The highest BCUT2D eigenvalue weighted by Gasteiger charge is 2.21. The molecule has 1 aromatic carbocycles. The van der Waals surface area contributed by atoms with Crippen molar-refractivity contribution in [3.63, 3.8) is 0 Å². The van der Waals surface area contributed by atoms with Crippen LogP contribution in [0.25, 0.3) is 20.8 Å². The highest BCUT2D eigenvalue weighted by molar-refractivity contribution is 7.21. The first-order valence-electron chi connectivity index (χ1n) is 7.57. The van der Waals surface area contributed by atoms with E-state index in [1.165, 1.54) is 0 Å². The molecule has 1 N–H and O–H groups in total. The zero-order valence-corrected chi connectivity index (χ0v) is 13.6. The normalized spacial score (nSPS) is 17.8. The number of fused-ring (bicyclic) bond motifs is 1. The zero-order chi connectivity index (χ0) is 15.8. The molecule has 0 bridgehead atoms. The van der Waals surface area contributed by atoms with E-state index in [0.29, 0.717) is 6.54 Å². The van der Waals surface area contributed by atoms with E-state index in [2.05, 4.69) is 14.9 Å². The molecule has 0 spiro atoms. The molecule has 0 unspecified atom stereocenters. The molecule has 1 saturated heterocycles. The lowest BCUT2D eigenvalue weighted by Gasteiger charge is -2.16. The molecule has 0 saturated carbocycles. The van der Waals surface area contributed by atoms with Crippen molar-refractivity contribution in [3.8, 4) is 16.3 Å². The van der Waals surface area contributed by atoms with Gasteiger partial charge in [-0.25, -0.2) is 9.97 Å². The number of aromatic nitrogens is 2. The molecular formula is C17H17N3O2S. The van der Waals surface area contributed by atoms with Gasteiger partial charge in [0.15, 0.2) is 0 Å². The average Bonchev–Trinajstić information content (AvgIpc) is 3.20. The van der Waals surface area contributed by atoms with Crippen LogP contribution in [0.5, 0.6) is 5.75 Å². The lowest BCUT2D eigenvalue weighted by molar-refractivity contribution is 0.198. The van der Waals surface area contributed by atoms with Gasteiger partial charge in [0.05, 0.1) is 23.4 Å². The number of methoxy groups -OCH3 is 1. The van der Waals surface area contributed by atoms with Crippen LogP contribution in [0, 0.1) is 0 Å². The summed E-state index contributed by atoms with van der Waals surface area (Å²) in [5.41, 5.74) is 1.98. The van der Waals surface area contributed by atoms with Crippen molar-refractivity contribution in [2.75, 3.05) is 25.1 Å². The van der Waals surface area contributed by atoms with Crippen molar-refractivity contribution in [1.82, 2.24) is 9.97 Å². The van der Waals surface area contributed by atoms with Crippen molar-refractivity contribution < 1.29 is 9.84 Å². The summed E-state index contributed by atoms with van der Waals surface area (Å²) in [4.78, 5) is 11.3. The average molecular weight is 327 g/mol. The van der Waals surface area contributed by atoms with Crippen LogP contribution in [0.2, 0.25) is 0 Å². The van der Waals surface area contributed by atoms with Crippen LogP contribution in [0.15, 0.2) is 36.5 Å². The Morgan fingerprint density at radius 3 is 2.91 bits per heavy atom. The van der Waals surface area contributed by atoms with Crippen LogP contribution in [0.3, 0.4) is 0 Å². The third-order valence-corrected chi connectivity index (χ3v) is 5.15. The Morgan fingerprint density at radius 2 is 2.22 bits per heavy atom. The fourth-order valence-electron chi connectivity index (χ4n) is 2.80. The first-order chi connectivity index (χ1) is 11.2. The minimum absolute atomic E-state index is 0.240. The Labute approximate surface area is 138 Å². The monoisotopic (exact) mass is 327 g/mol. The minimum atomic E-state index is -0.240. The molecule has 5 nitrogen and oxygen atoms in total. The highest BCUT2D eigenvalue weighted by Crippen LogP contribution is 2.32. The van der Waals surface area contributed by atoms with E-state index in [4.69, 9.17) is 4.74 Å². The third kappa shape index (κ3) is 2.75. The van der Waals surface area contributed by atoms with E-state index in [-0.39, 0.29) is 6.10 Å². The summed E-state index contributed by atoms with van der Waals surface area (Å²) in [5.74, 6) is 1.75. The molecule has 2 aromatic heterocycles. The second-order valence-corrected chi connectivity index (χ2v) is 6.68. The van der Waals surface area contributed by atoms with Gasteiger partial charge in [0.1, 0.15) is 16.6 Å². The van der Waals surface area contributed by atoms with Crippen LogP contribution in [-0.4, -0.2) is 41.4 Å². The van der Waals surface area contributed by atoms with Gasteiger partial charge in [0.25, 0.3) is 0 Å². The molecule has 1 aliphatic heterocycles. The fraction of sp³-hybridized carbons (Fsp3) is 0.294. The number of pyridine rings is 1. The number of rotatable bonds is 3. The molecule has 23 heavy (non-hydrogen) atoms. The van der Waals surface area contributed by atoms with Crippen molar-refractivity contribution in [2.24, 2.45) is 0 Å². The predicted molar refractivity (Wildman–Crippen MR) is 92.2 cm³/mol. The van der Waals surface area contributed by atoms with Crippen molar-refractivity contribution >= 4 is 27.4 Å². The molecule has 3 aromatic rings. The Kier molecular flexibility index (Phi) is 3.63. The summed E-state index contributed by atoms with van der Waals surface area (Å²) in [6, 6.07) is 9.94. The SMILES string of the molecule is COc1ccc2nc(-c3ccc(N4CC[C@H](O)C4)nc3)sc2c1. The minimum Gasteiger partial charge on any atom is -0.497 e. The maximum atomic E-state index is 9.63. The van der Waals surface area contributed by atoms with Gasteiger partial charge >= 0.3 is 0 Å². The maximum Gasteiger partial charge on any atom is 0.128 e. The van der Waals surface area contributed by atoms with E-state index >= 15 is 0 Å². The molecule has 4 rings (SSSR count). The van der Waals surface area contributed by atoms with Gasteiger partial charge in [-0.05, 0) is 36.8 Å². The number of benzene rings is 1. The van der Waals surface area contributed by atoms with Crippen LogP contribution in [0.4, 0.5) is 5.82 Å². The summed E-state index contributed by atoms with van der Waals surface area (Å²) in [6.07, 6.45) is 2.42. The number of hydrogen-bond donors (Lipinski definition) is 1. The van der Waals surface area contributed by atoms with Crippen LogP contribution in [0.1, 0.15) is 6.42 Å². The van der Waals surface area contributed by atoms with Gasteiger partial charge in [-0.2, -0.15) is 0 Å². The van der Waals surface area contributed by atoms with Crippen LogP contribution in [-0.2, 0) is 0 Å². The topological polar surface area (TPSA) is 58.5 Å². The third-order valence-electron chi connectivity index (χ3n) is 4.08. The number of thiazole rings is 1. The fourth-order valence-corrected chi connectivity index (χ4v) is 3.79. The van der Waals surface area contributed by atoms with E-state index < -0.39 is 0 Å². The van der Waals surface area contributed by atoms with Crippen molar-refractivity contribution in [1.29, 1.82) is 0 Å². The van der Waals surface area contributed by atoms with Crippen LogP contribution < -0.4 is 9.64 Å². The molecule has 1 fully saturated rings. The van der Waals surface area contributed by atoms with Crippen LogP contribution >= 0.6 is 11.3 Å². The highest BCUT2D eigenvalue weighted by atomic mass is 32.1. The number of aliphatic hydroxyl groups excluding tert-OH is 1. The van der Waals surface area contributed by atoms with Crippen molar-refractivity contribution in [2.45, 2.75) is 12.5 Å². The molecule has 1 aliphatic rings. The number of β-amino-alcohol motifs (C(OH)–C–C–N with tert-alkyl or cyclic N) is 1. The van der Waals surface area contributed by atoms with Gasteiger partial charge in [0, 0.05) is 24.8 Å². The largest absolute Gasteiger partial charge is 0.497 e. The lowest BCUT2D eigenvalue weighted by Crippen LogP contribution is -2.21. The maximum absolute atomic E-state index is 9.63. The van der Waals surface area contributed by atoms with E-state index in [1.807, 2.05) is 36.5 Å². The van der Waals surface area contributed by atoms with E-state index in [9.17, 15) is 5.11 Å². The molecule has 1 atom stereocenters. The number of nitrogens with zero attached hydrogens (tertiary/aromatic N) is 3. The second-order valence-electron chi connectivity index (χ2n) is 5.65. The first-order valence-corrected chi connectivity index (χ1v) is 8.38. The molecule has 0 radical (unpaired) electrons. The number of ether oxygens (including phenoxy) is 1. The molecule has 0 amide bonds. The number of anilines is 1. The number of aliphatic hydroxyl groups is 1. The van der Waals surface area contributed by atoms with Gasteiger partial charge < -0.3 is 14.7 Å². The summed E-state index contributed by atoms with van der Waals surface area (Å²) in [6.45, 7) is 1.52. The Bertz CT molecular complexity index is 831. The summed E-state index contributed by atoms with van der Waals surface area (Å²) in [7, 11) is 1.67. The Balaban J connectivity index is 1.62. The molecular weight excluding hydrogens is 310 g/mol. The molecule has 0 aliphatic carbocycles. The zero-order valence-electron chi connectivity index (χ0n) is 12.8. The van der Waals surface area contributed by atoms with Crippen molar-refractivity contribution in [3.05, 3.63) is 36.5 Å². The standard InChI is InChI=1S/C17H17N3O2S/c1-22-13-3-4-14-15(8-13)23-17(19-14)11-2-5-16(18-9-11)20-7-6-12(21)10-20/h2-5,8-9,12,21H,6-7,10H2,1H3/t12-/m0/s1. The van der Waals surface area contributed by atoms with E-state index in [0.717, 1.165) is 45.3 Å². The quantitative estimate of drug-likeness (QED) is 0.801. The summed E-state index contributed by atoms with van der Waals surface area (Å²) < 4.78 is 6.36. The summed E-state index contributed by atoms with van der Waals surface area (Å²) in [5, 5.41) is 10.6. The van der Waals surface area contributed by atoms with Gasteiger partial charge in [-0.1, -0.05) is 0 Å². The molecule has 118 valence electrons. The second kappa shape index (κ2) is 5.79. The number of hydrogen-bond acceptors (Lipinski definition) is 6. The first kappa shape index (κ1) is 14.4. The Morgan fingerprint density at radius 1 is 1.30 bits per heavy atom. The molecule has 3 heterocycles.